The van der Waals surface area contributed by atoms with Gasteiger partial charge in [-0.05, 0) is 17.0 Å². The fourth-order valence-electron chi connectivity index (χ4n) is 1.93. The third-order valence-electron chi connectivity index (χ3n) is 3.02. The topological polar surface area (TPSA) is 69.6 Å². The standard InChI is InChI=1S/C15H17NO3S/c17-13(14-7-4-8-20-14)9-12(15(18)19)16-10-11-5-2-1-3-6-11/h1-8,12-13,16-17H,9-10H2,(H,18,19)/t12-,13+/m0/s1. The summed E-state index contributed by atoms with van der Waals surface area (Å²) >= 11 is 1.43. The van der Waals surface area contributed by atoms with Crippen LogP contribution in [0.25, 0.3) is 0 Å². The van der Waals surface area contributed by atoms with E-state index in [1.807, 2.05) is 47.8 Å². The van der Waals surface area contributed by atoms with Gasteiger partial charge in [-0.2, -0.15) is 0 Å². The lowest BCUT2D eigenvalue weighted by molar-refractivity contribution is -0.140. The maximum Gasteiger partial charge on any atom is 0.320 e. The van der Waals surface area contributed by atoms with Crippen LogP contribution in [0.4, 0.5) is 0 Å². The minimum absolute atomic E-state index is 0.155. The molecule has 0 aliphatic carbocycles. The van der Waals surface area contributed by atoms with Crippen LogP contribution in [-0.4, -0.2) is 22.2 Å². The van der Waals surface area contributed by atoms with Crippen molar-refractivity contribution >= 4 is 17.3 Å². The van der Waals surface area contributed by atoms with E-state index in [1.54, 1.807) is 0 Å². The molecule has 106 valence electrons. The van der Waals surface area contributed by atoms with Gasteiger partial charge in [0.2, 0.25) is 0 Å². The molecule has 20 heavy (non-hydrogen) atoms. The van der Waals surface area contributed by atoms with Gasteiger partial charge in [0.25, 0.3) is 0 Å². The molecule has 2 rings (SSSR count). The summed E-state index contributed by atoms with van der Waals surface area (Å²) < 4.78 is 0. The van der Waals surface area contributed by atoms with Gasteiger partial charge in [0, 0.05) is 17.8 Å². The molecule has 0 fully saturated rings. The molecule has 2 aromatic rings. The number of thiophene rings is 1. The van der Waals surface area contributed by atoms with Crippen molar-refractivity contribution in [3.8, 4) is 0 Å². The van der Waals surface area contributed by atoms with Gasteiger partial charge in [-0.1, -0.05) is 36.4 Å². The zero-order valence-corrected chi connectivity index (χ0v) is 11.7. The zero-order chi connectivity index (χ0) is 14.4. The molecule has 4 nitrogen and oxygen atoms in total. The summed E-state index contributed by atoms with van der Waals surface area (Å²) in [5.41, 5.74) is 1.02. The molecular formula is C15H17NO3S. The van der Waals surface area contributed by atoms with Crippen LogP contribution < -0.4 is 5.32 Å². The molecule has 3 N–H and O–H groups in total. The molecule has 0 spiro atoms. The Hall–Kier alpha value is -1.69. The van der Waals surface area contributed by atoms with Crippen LogP contribution in [0.2, 0.25) is 0 Å². The molecule has 0 aliphatic heterocycles. The fourth-order valence-corrected chi connectivity index (χ4v) is 2.65. The number of hydrogen-bond acceptors (Lipinski definition) is 4. The van der Waals surface area contributed by atoms with Crippen LogP contribution in [0.15, 0.2) is 47.8 Å². The minimum Gasteiger partial charge on any atom is -0.480 e. The van der Waals surface area contributed by atoms with E-state index >= 15 is 0 Å². The third kappa shape index (κ3) is 4.16. The maximum absolute atomic E-state index is 11.3. The van der Waals surface area contributed by atoms with Crippen molar-refractivity contribution in [3.05, 3.63) is 58.3 Å². The third-order valence-corrected chi connectivity index (χ3v) is 4.00. The van der Waals surface area contributed by atoms with Crippen LogP contribution in [0.3, 0.4) is 0 Å². The second-order valence-corrected chi connectivity index (χ2v) is 5.50. The summed E-state index contributed by atoms with van der Waals surface area (Å²) in [5, 5.41) is 24.1. The van der Waals surface area contributed by atoms with Crippen molar-refractivity contribution in [1.82, 2.24) is 5.32 Å². The Morgan fingerprint density at radius 3 is 2.55 bits per heavy atom. The zero-order valence-electron chi connectivity index (χ0n) is 10.9. The van der Waals surface area contributed by atoms with Crippen molar-refractivity contribution in [3.63, 3.8) is 0 Å². The first-order valence-corrected chi connectivity index (χ1v) is 7.26. The summed E-state index contributed by atoms with van der Waals surface area (Å²) in [5.74, 6) is -0.948. The highest BCUT2D eigenvalue weighted by Crippen LogP contribution is 2.23. The predicted molar refractivity (Wildman–Crippen MR) is 78.6 cm³/mol. The van der Waals surface area contributed by atoms with Gasteiger partial charge in [-0.3, -0.25) is 4.79 Å². The molecular weight excluding hydrogens is 274 g/mol. The Bertz CT molecular complexity index is 527. The van der Waals surface area contributed by atoms with Crippen LogP contribution in [-0.2, 0) is 11.3 Å². The summed E-state index contributed by atoms with van der Waals surface area (Å²) in [4.78, 5) is 12.0. The number of aliphatic carboxylic acids is 1. The highest BCUT2D eigenvalue weighted by Gasteiger charge is 2.22. The number of rotatable bonds is 7. The number of hydrogen-bond donors (Lipinski definition) is 3. The number of benzene rings is 1. The second-order valence-electron chi connectivity index (χ2n) is 4.52. The normalized spacial score (nSPS) is 13.8. The Morgan fingerprint density at radius 2 is 1.95 bits per heavy atom. The van der Waals surface area contributed by atoms with Crippen molar-refractivity contribution in [2.45, 2.75) is 25.1 Å². The molecule has 0 amide bonds. The van der Waals surface area contributed by atoms with Crippen molar-refractivity contribution in [2.75, 3.05) is 0 Å². The van der Waals surface area contributed by atoms with E-state index in [0.717, 1.165) is 10.4 Å². The van der Waals surface area contributed by atoms with E-state index in [4.69, 9.17) is 0 Å². The second kappa shape index (κ2) is 7.19. The van der Waals surface area contributed by atoms with E-state index in [-0.39, 0.29) is 6.42 Å². The van der Waals surface area contributed by atoms with Gasteiger partial charge in [0.1, 0.15) is 6.04 Å². The van der Waals surface area contributed by atoms with Crippen LogP contribution >= 0.6 is 11.3 Å². The first-order valence-electron chi connectivity index (χ1n) is 6.38. The summed E-state index contributed by atoms with van der Waals surface area (Å²) in [6.07, 6.45) is -0.595. The Kier molecular flexibility index (Phi) is 5.29. The highest BCUT2D eigenvalue weighted by atomic mass is 32.1. The van der Waals surface area contributed by atoms with Crippen LogP contribution in [0.1, 0.15) is 23.0 Å². The van der Waals surface area contributed by atoms with E-state index in [1.165, 1.54) is 11.3 Å². The number of carbonyl (C=O) groups is 1. The van der Waals surface area contributed by atoms with Crippen LogP contribution in [0, 0.1) is 0 Å². The van der Waals surface area contributed by atoms with Gasteiger partial charge >= 0.3 is 5.97 Å². The average molecular weight is 291 g/mol. The van der Waals surface area contributed by atoms with E-state index in [0.29, 0.717) is 6.54 Å². The van der Waals surface area contributed by atoms with Gasteiger partial charge < -0.3 is 15.5 Å². The van der Waals surface area contributed by atoms with Crippen molar-refractivity contribution < 1.29 is 15.0 Å². The SMILES string of the molecule is O=C(O)[C@H](C[C@@H](O)c1cccs1)NCc1ccccc1. The monoisotopic (exact) mass is 291 g/mol. The lowest BCUT2D eigenvalue weighted by Crippen LogP contribution is -2.37. The summed E-state index contributed by atoms with van der Waals surface area (Å²) in [6.45, 7) is 0.467. The number of nitrogens with one attached hydrogen (secondary N) is 1. The van der Waals surface area contributed by atoms with E-state index in [9.17, 15) is 15.0 Å². The number of aliphatic hydroxyl groups excluding tert-OH is 1. The van der Waals surface area contributed by atoms with Gasteiger partial charge in [-0.25, -0.2) is 0 Å². The molecule has 0 bridgehead atoms. The molecule has 1 aromatic carbocycles. The van der Waals surface area contributed by atoms with Gasteiger partial charge in [0.05, 0.1) is 6.10 Å². The highest BCUT2D eigenvalue weighted by molar-refractivity contribution is 7.10. The molecule has 0 aliphatic rings. The smallest absolute Gasteiger partial charge is 0.320 e. The summed E-state index contributed by atoms with van der Waals surface area (Å²) in [7, 11) is 0. The summed E-state index contributed by atoms with van der Waals surface area (Å²) in [6, 6.07) is 12.5. The fraction of sp³-hybridized carbons (Fsp3) is 0.267. The van der Waals surface area contributed by atoms with Crippen molar-refractivity contribution in [2.24, 2.45) is 0 Å². The molecule has 5 heteroatoms. The molecule has 0 unspecified atom stereocenters. The van der Waals surface area contributed by atoms with Gasteiger partial charge in [-0.15, -0.1) is 11.3 Å². The number of carboxylic acids is 1. The van der Waals surface area contributed by atoms with Gasteiger partial charge in [0.15, 0.2) is 0 Å². The molecule has 2 atom stereocenters. The largest absolute Gasteiger partial charge is 0.480 e. The number of aliphatic hydroxyl groups is 1. The Morgan fingerprint density at radius 1 is 1.20 bits per heavy atom. The first-order chi connectivity index (χ1) is 9.66. The van der Waals surface area contributed by atoms with Crippen LogP contribution in [0.5, 0.6) is 0 Å². The first kappa shape index (κ1) is 14.7. The minimum atomic E-state index is -0.948. The lowest BCUT2D eigenvalue weighted by atomic mass is 10.1. The van der Waals surface area contributed by atoms with Crippen molar-refractivity contribution in [1.29, 1.82) is 0 Å². The maximum atomic E-state index is 11.3. The van der Waals surface area contributed by atoms with E-state index in [2.05, 4.69) is 5.32 Å². The molecule has 0 saturated heterocycles. The molecule has 0 radical (unpaired) electrons. The van der Waals surface area contributed by atoms with E-state index < -0.39 is 18.1 Å². The Labute approximate surface area is 121 Å². The molecule has 0 saturated carbocycles. The Balaban J connectivity index is 1.92. The quantitative estimate of drug-likeness (QED) is 0.733. The molecule has 1 heterocycles. The predicted octanol–water partition coefficient (Wildman–Crippen LogP) is 2.41. The molecule has 1 aromatic heterocycles. The number of carboxylic acid groups (broad SMARTS) is 1. The average Bonchev–Trinajstić information content (AvgIpc) is 2.98. The lowest BCUT2D eigenvalue weighted by Gasteiger charge is -2.17.